The zero-order valence-corrected chi connectivity index (χ0v) is 11.7. The first-order valence-electron chi connectivity index (χ1n) is 5.71. The fraction of sp³-hybridized carbons (Fsp3) is 0.214. The SMILES string of the molecule is CC(CO)(Nc1ccccc1Br)c1ccccn1. The maximum Gasteiger partial charge on any atom is 0.100 e. The van der Waals surface area contributed by atoms with Crippen LogP contribution in [0.15, 0.2) is 53.1 Å². The molecule has 18 heavy (non-hydrogen) atoms. The summed E-state index contributed by atoms with van der Waals surface area (Å²) in [5.41, 5.74) is 1.13. The molecule has 0 aliphatic carbocycles. The van der Waals surface area contributed by atoms with Gasteiger partial charge < -0.3 is 10.4 Å². The predicted molar refractivity (Wildman–Crippen MR) is 76.4 cm³/mol. The minimum atomic E-state index is -0.606. The zero-order valence-electron chi connectivity index (χ0n) is 10.1. The van der Waals surface area contributed by atoms with Gasteiger partial charge in [0.25, 0.3) is 0 Å². The molecular weight excluding hydrogens is 292 g/mol. The molecule has 0 radical (unpaired) electrons. The summed E-state index contributed by atoms with van der Waals surface area (Å²) < 4.78 is 0.959. The Labute approximate surface area is 115 Å². The average Bonchev–Trinajstić information content (AvgIpc) is 2.42. The summed E-state index contributed by atoms with van der Waals surface area (Å²) in [6, 6.07) is 13.5. The van der Waals surface area contributed by atoms with Crippen LogP contribution in [0.3, 0.4) is 0 Å². The Kier molecular flexibility index (Phi) is 3.99. The van der Waals surface area contributed by atoms with Crippen molar-refractivity contribution in [2.24, 2.45) is 0 Å². The number of aromatic nitrogens is 1. The number of benzene rings is 1. The second-order valence-electron chi connectivity index (χ2n) is 4.31. The number of hydrogen-bond acceptors (Lipinski definition) is 3. The molecule has 2 aromatic rings. The highest BCUT2D eigenvalue weighted by atomic mass is 79.9. The summed E-state index contributed by atoms with van der Waals surface area (Å²) in [5.74, 6) is 0. The molecule has 2 N–H and O–H groups in total. The summed E-state index contributed by atoms with van der Waals surface area (Å²) in [4.78, 5) is 4.31. The first kappa shape index (κ1) is 13.1. The van der Waals surface area contributed by atoms with E-state index >= 15 is 0 Å². The molecule has 0 fully saturated rings. The Hall–Kier alpha value is -1.39. The fourth-order valence-electron chi connectivity index (χ4n) is 1.73. The number of halogens is 1. The number of nitrogens with one attached hydrogen (secondary N) is 1. The van der Waals surface area contributed by atoms with Crippen LogP contribution in [-0.4, -0.2) is 16.7 Å². The van der Waals surface area contributed by atoms with Gasteiger partial charge in [0.2, 0.25) is 0 Å². The maximum atomic E-state index is 9.67. The quantitative estimate of drug-likeness (QED) is 0.912. The lowest BCUT2D eigenvalue weighted by molar-refractivity contribution is 0.221. The number of nitrogens with zero attached hydrogens (tertiary/aromatic N) is 1. The van der Waals surface area contributed by atoms with Crippen LogP contribution < -0.4 is 5.32 Å². The highest BCUT2D eigenvalue weighted by Gasteiger charge is 2.27. The van der Waals surface area contributed by atoms with Crippen LogP contribution in [0.5, 0.6) is 0 Å². The van der Waals surface area contributed by atoms with Gasteiger partial charge in [-0.05, 0) is 47.1 Å². The summed E-state index contributed by atoms with van der Waals surface area (Å²) in [7, 11) is 0. The molecule has 2 rings (SSSR count). The van der Waals surface area contributed by atoms with Crippen LogP contribution in [0.2, 0.25) is 0 Å². The van der Waals surface area contributed by atoms with E-state index in [2.05, 4.69) is 26.2 Å². The number of para-hydroxylation sites is 1. The van der Waals surface area contributed by atoms with Crippen LogP contribution in [0.4, 0.5) is 5.69 Å². The van der Waals surface area contributed by atoms with Crippen molar-refractivity contribution in [1.29, 1.82) is 0 Å². The summed E-state index contributed by atoms with van der Waals surface area (Å²) in [6.07, 6.45) is 1.73. The van der Waals surface area contributed by atoms with Gasteiger partial charge in [0.1, 0.15) is 5.54 Å². The number of aliphatic hydroxyl groups is 1. The predicted octanol–water partition coefficient (Wildman–Crippen LogP) is 3.16. The van der Waals surface area contributed by atoms with Gasteiger partial charge in [0, 0.05) is 16.4 Å². The van der Waals surface area contributed by atoms with Crippen molar-refractivity contribution in [3.8, 4) is 0 Å². The standard InChI is InChI=1S/C14H15BrN2O/c1-14(10-18,13-8-4-5-9-16-13)17-12-7-3-2-6-11(12)15/h2-9,17-18H,10H2,1H3. The first-order valence-corrected chi connectivity index (χ1v) is 6.50. The van der Waals surface area contributed by atoms with E-state index in [0.29, 0.717) is 0 Å². The summed E-state index contributed by atoms with van der Waals surface area (Å²) in [5, 5.41) is 13.0. The molecule has 0 aliphatic heterocycles. The third-order valence-electron chi connectivity index (χ3n) is 2.83. The van der Waals surface area contributed by atoms with E-state index in [-0.39, 0.29) is 6.61 Å². The van der Waals surface area contributed by atoms with E-state index in [4.69, 9.17) is 0 Å². The monoisotopic (exact) mass is 306 g/mol. The molecule has 0 aliphatic rings. The van der Waals surface area contributed by atoms with Gasteiger partial charge in [-0.1, -0.05) is 18.2 Å². The number of rotatable bonds is 4. The van der Waals surface area contributed by atoms with Crippen LogP contribution in [0.1, 0.15) is 12.6 Å². The van der Waals surface area contributed by atoms with E-state index in [1.165, 1.54) is 0 Å². The van der Waals surface area contributed by atoms with Crippen LogP contribution in [-0.2, 0) is 5.54 Å². The molecule has 4 heteroatoms. The zero-order chi connectivity index (χ0) is 13.0. The van der Waals surface area contributed by atoms with Crippen molar-refractivity contribution in [2.75, 3.05) is 11.9 Å². The Morgan fingerprint density at radius 1 is 1.22 bits per heavy atom. The van der Waals surface area contributed by atoms with Crippen molar-refractivity contribution in [3.05, 3.63) is 58.8 Å². The smallest absolute Gasteiger partial charge is 0.100 e. The number of anilines is 1. The molecule has 0 saturated carbocycles. The Bertz CT molecular complexity index is 518. The molecule has 1 aromatic heterocycles. The van der Waals surface area contributed by atoms with Gasteiger partial charge >= 0.3 is 0 Å². The van der Waals surface area contributed by atoms with E-state index < -0.39 is 5.54 Å². The highest BCUT2D eigenvalue weighted by Crippen LogP contribution is 2.29. The van der Waals surface area contributed by atoms with Crippen molar-refractivity contribution in [1.82, 2.24) is 4.98 Å². The summed E-state index contributed by atoms with van der Waals surface area (Å²) in [6.45, 7) is 1.89. The Morgan fingerprint density at radius 2 is 1.94 bits per heavy atom. The average molecular weight is 307 g/mol. The van der Waals surface area contributed by atoms with Gasteiger partial charge in [-0.25, -0.2) is 0 Å². The topological polar surface area (TPSA) is 45.1 Å². The lowest BCUT2D eigenvalue weighted by Gasteiger charge is -2.29. The molecule has 0 bridgehead atoms. The Morgan fingerprint density at radius 3 is 2.56 bits per heavy atom. The second kappa shape index (κ2) is 5.50. The van der Waals surface area contributed by atoms with Gasteiger partial charge in [-0.2, -0.15) is 0 Å². The van der Waals surface area contributed by atoms with Gasteiger partial charge in [-0.3, -0.25) is 4.98 Å². The van der Waals surface area contributed by atoms with Crippen molar-refractivity contribution < 1.29 is 5.11 Å². The molecule has 3 nitrogen and oxygen atoms in total. The molecule has 1 atom stereocenters. The first-order chi connectivity index (χ1) is 8.65. The molecule has 1 aromatic carbocycles. The molecule has 0 spiro atoms. The van der Waals surface area contributed by atoms with Gasteiger partial charge in [0.05, 0.1) is 12.3 Å². The second-order valence-corrected chi connectivity index (χ2v) is 5.16. The van der Waals surface area contributed by atoms with E-state index in [1.54, 1.807) is 6.20 Å². The molecule has 1 unspecified atom stereocenters. The van der Waals surface area contributed by atoms with Crippen LogP contribution in [0.25, 0.3) is 0 Å². The van der Waals surface area contributed by atoms with Crippen molar-refractivity contribution >= 4 is 21.6 Å². The van der Waals surface area contributed by atoms with Crippen molar-refractivity contribution in [3.63, 3.8) is 0 Å². The third-order valence-corrected chi connectivity index (χ3v) is 3.52. The van der Waals surface area contributed by atoms with Crippen LogP contribution >= 0.6 is 15.9 Å². The van der Waals surface area contributed by atoms with E-state index in [1.807, 2.05) is 49.4 Å². The van der Waals surface area contributed by atoms with Crippen molar-refractivity contribution in [2.45, 2.75) is 12.5 Å². The molecule has 0 amide bonds. The lowest BCUT2D eigenvalue weighted by atomic mass is 9.97. The van der Waals surface area contributed by atoms with Gasteiger partial charge in [0.15, 0.2) is 0 Å². The largest absolute Gasteiger partial charge is 0.394 e. The fourth-order valence-corrected chi connectivity index (χ4v) is 2.12. The molecule has 94 valence electrons. The molecule has 1 heterocycles. The minimum Gasteiger partial charge on any atom is -0.394 e. The number of hydrogen-bond donors (Lipinski definition) is 2. The minimum absolute atomic E-state index is 0.0364. The normalized spacial score (nSPS) is 13.9. The molecule has 0 saturated heterocycles. The summed E-state index contributed by atoms with van der Waals surface area (Å²) >= 11 is 3.49. The van der Waals surface area contributed by atoms with Gasteiger partial charge in [-0.15, -0.1) is 0 Å². The lowest BCUT2D eigenvalue weighted by Crippen LogP contribution is -2.36. The third kappa shape index (κ3) is 2.71. The maximum absolute atomic E-state index is 9.67. The number of aliphatic hydroxyl groups excluding tert-OH is 1. The Balaban J connectivity index is 2.32. The molecular formula is C14H15BrN2O. The van der Waals surface area contributed by atoms with Crippen LogP contribution in [0, 0.1) is 0 Å². The number of pyridine rings is 1. The van der Waals surface area contributed by atoms with E-state index in [0.717, 1.165) is 15.9 Å². The highest BCUT2D eigenvalue weighted by molar-refractivity contribution is 9.10. The van der Waals surface area contributed by atoms with E-state index in [9.17, 15) is 5.11 Å².